The number of ether oxygens (including phenoxy) is 2. The molecule has 0 atom stereocenters. The zero-order valence-corrected chi connectivity index (χ0v) is 17.7. The van der Waals surface area contributed by atoms with E-state index in [0.717, 1.165) is 19.5 Å². The Hall–Kier alpha value is -2.54. The number of methoxy groups -OCH3 is 2. The van der Waals surface area contributed by atoms with Crippen molar-refractivity contribution in [3.05, 3.63) is 45.6 Å². The quantitative estimate of drug-likeness (QED) is 0.771. The van der Waals surface area contributed by atoms with E-state index in [1.54, 1.807) is 43.8 Å². The predicted octanol–water partition coefficient (Wildman–Crippen LogP) is 3.20. The molecule has 1 saturated heterocycles. The molecular formula is C22H26N2O4S. The third-order valence-electron chi connectivity index (χ3n) is 5.85. The van der Waals surface area contributed by atoms with E-state index < -0.39 is 0 Å². The third kappa shape index (κ3) is 4.10. The summed E-state index contributed by atoms with van der Waals surface area (Å²) in [4.78, 5) is 31.2. The average molecular weight is 415 g/mol. The molecule has 29 heavy (non-hydrogen) atoms. The third-order valence-corrected chi connectivity index (χ3v) is 6.87. The van der Waals surface area contributed by atoms with Crippen molar-refractivity contribution in [2.45, 2.75) is 25.8 Å². The summed E-state index contributed by atoms with van der Waals surface area (Å²) in [6.45, 7) is 2.70. The van der Waals surface area contributed by atoms with Crippen LogP contribution in [0.1, 0.15) is 33.6 Å². The fraction of sp³-hybridized carbons (Fsp3) is 0.455. The summed E-state index contributed by atoms with van der Waals surface area (Å²) in [6.07, 6.45) is 2.37. The highest BCUT2D eigenvalue weighted by atomic mass is 32.1. The van der Waals surface area contributed by atoms with E-state index in [9.17, 15) is 9.59 Å². The fourth-order valence-corrected chi connectivity index (χ4v) is 5.03. The molecule has 1 fully saturated rings. The summed E-state index contributed by atoms with van der Waals surface area (Å²) in [6, 6.07) is 7.34. The van der Waals surface area contributed by atoms with Crippen molar-refractivity contribution in [1.82, 2.24) is 9.80 Å². The second-order valence-corrected chi connectivity index (χ2v) is 8.55. The van der Waals surface area contributed by atoms with Gasteiger partial charge in [0.2, 0.25) is 5.91 Å². The van der Waals surface area contributed by atoms with Crippen LogP contribution in [0.5, 0.6) is 11.5 Å². The van der Waals surface area contributed by atoms with E-state index >= 15 is 0 Å². The Morgan fingerprint density at radius 3 is 2.34 bits per heavy atom. The van der Waals surface area contributed by atoms with E-state index in [1.807, 2.05) is 9.80 Å². The minimum atomic E-state index is -0.0472. The van der Waals surface area contributed by atoms with Crippen molar-refractivity contribution in [3.8, 4) is 11.5 Å². The molecule has 0 spiro atoms. The Balaban J connectivity index is 1.37. The van der Waals surface area contributed by atoms with Gasteiger partial charge in [-0.15, -0.1) is 11.3 Å². The highest BCUT2D eigenvalue weighted by Gasteiger charge is 2.32. The summed E-state index contributed by atoms with van der Waals surface area (Å²) >= 11 is 1.78. The van der Waals surface area contributed by atoms with Gasteiger partial charge in [-0.2, -0.15) is 0 Å². The van der Waals surface area contributed by atoms with Crippen LogP contribution < -0.4 is 9.47 Å². The lowest BCUT2D eigenvalue weighted by Gasteiger charge is -2.35. The van der Waals surface area contributed by atoms with Crippen molar-refractivity contribution in [2.75, 3.05) is 33.9 Å². The molecule has 3 heterocycles. The highest BCUT2D eigenvalue weighted by molar-refractivity contribution is 7.10. The zero-order valence-electron chi connectivity index (χ0n) is 16.8. The number of amides is 2. The van der Waals surface area contributed by atoms with E-state index in [0.29, 0.717) is 43.0 Å². The summed E-state index contributed by atoms with van der Waals surface area (Å²) in [7, 11) is 3.14. The van der Waals surface area contributed by atoms with Gasteiger partial charge in [-0.3, -0.25) is 9.59 Å². The summed E-state index contributed by atoms with van der Waals surface area (Å²) < 4.78 is 10.5. The first-order chi connectivity index (χ1) is 14.1. The smallest absolute Gasteiger partial charge is 0.254 e. The molecule has 0 bridgehead atoms. The normalized spacial score (nSPS) is 17.0. The number of carbonyl (C=O) groups excluding carboxylic acids is 2. The molecule has 2 aromatic rings. The number of carbonyl (C=O) groups is 2. The van der Waals surface area contributed by atoms with Gasteiger partial charge in [0.15, 0.2) is 0 Å². The van der Waals surface area contributed by atoms with Crippen molar-refractivity contribution in [2.24, 2.45) is 5.92 Å². The van der Waals surface area contributed by atoms with E-state index in [-0.39, 0.29) is 17.7 Å². The lowest BCUT2D eigenvalue weighted by Crippen LogP contribution is -2.45. The van der Waals surface area contributed by atoms with Crippen LogP contribution in [0.4, 0.5) is 0 Å². The highest BCUT2D eigenvalue weighted by Crippen LogP contribution is 2.29. The lowest BCUT2D eigenvalue weighted by atomic mass is 9.94. The molecule has 4 rings (SSSR count). The fourth-order valence-electron chi connectivity index (χ4n) is 4.14. The zero-order chi connectivity index (χ0) is 20.4. The van der Waals surface area contributed by atoms with Crippen LogP contribution in [-0.4, -0.2) is 55.5 Å². The SMILES string of the molecule is COc1cc(OC)cc(C(=O)N2CCC(C(=O)N3CCc4sccc4C3)CC2)c1. The molecule has 0 radical (unpaired) electrons. The minimum absolute atomic E-state index is 0.000851. The van der Waals surface area contributed by atoms with E-state index in [1.165, 1.54) is 10.4 Å². The number of fused-ring (bicyclic) bond motifs is 1. The minimum Gasteiger partial charge on any atom is -0.497 e. The monoisotopic (exact) mass is 414 g/mol. The molecule has 154 valence electrons. The van der Waals surface area contributed by atoms with Gasteiger partial charge in [0.25, 0.3) is 5.91 Å². The number of benzene rings is 1. The van der Waals surface area contributed by atoms with E-state index in [4.69, 9.17) is 9.47 Å². The van der Waals surface area contributed by atoms with Gasteiger partial charge in [0, 0.05) is 48.6 Å². The summed E-state index contributed by atoms with van der Waals surface area (Å²) in [5.41, 5.74) is 1.83. The maximum atomic E-state index is 13.0. The lowest BCUT2D eigenvalue weighted by molar-refractivity contribution is -0.137. The number of thiophene rings is 1. The molecule has 0 aliphatic carbocycles. The number of hydrogen-bond donors (Lipinski definition) is 0. The molecule has 1 aromatic heterocycles. The van der Waals surface area contributed by atoms with Crippen LogP contribution in [0.3, 0.4) is 0 Å². The maximum absolute atomic E-state index is 13.0. The van der Waals surface area contributed by atoms with Gasteiger partial charge < -0.3 is 19.3 Å². The molecule has 2 aliphatic rings. The largest absolute Gasteiger partial charge is 0.497 e. The topological polar surface area (TPSA) is 59.1 Å². The van der Waals surface area contributed by atoms with Crippen LogP contribution in [-0.2, 0) is 17.8 Å². The maximum Gasteiger partial charge on any atom is 0.254 e. The number of rotatable bonds is 4. The molecule has 2 aliphatic heterocycles. The Bertz CT molecular complexity index is 880. The second kappa shape index (κ2) is 8.45. The second-order valence-electron chi connectivity index (χ2n) is 7.55. The van der Waals surface area contributed by atoms with Crippen LogP contribution in [0.15, 0.2) is 29.6 Å². The van der Waals surface area contributed by atoms with Crippen LogP contribution in [0.25, 0.3) is 0 Å². The Kier molecular flexibility index (Phi) is 5.76. The van der Waals surface area contributed by atoms with Crippen molar-refractivity contribution in [3.63, 3.8) is 0 Å². The van der Waals surface area contributed by atoms with Gasteiger partial charge in [-0.25, -0.2) is 0 Å². The number of hydrogen-bond acceptors (Lipinski definition) is 5. The molecular weight excluding hydrogens is 388 g/mol. The number of likely N-dealkylation sites (tertiary alicyclic amines) is 1. The summed E-state index contributed by atoms with van der Waals surface area (Å²) in [5.74, 6) is 1.37. The van der Waals surface area contributed by atoms with Crippen LogP contribution in [0, 0.1) is 5.92 Å². The van der Waals surface area contributed by atoms with Crippen molar-refractivity contribution in [1.29, 1.82) is 0 Å². The van der Waals surface area contributed by atoms with Gasteiger partial charge >= 0.3 is 0 Å². The van der Waals surface area contributed by atoms with Crippen LogP contribution in [0.2, 0.25) is 0 Å². The number of piperidine rings is 1. The molecule has 1 aromatic carbocycles. The van der Waals surface area contributed by atoms with Crippen molar-refractivity contribution >= 4 is 23.2 Å². The van der Waals surface area contributed by atoms with Crippen LogP contribution >= 0.6 is 11.3 Å². The van der Waals surface area contributed by atoms with E-state index in [2.05, 4.69) is 11.4 Å². The first-order valence-corrected chi connectivity index (χ1v) is 10.8. The first kappa shape index (κ1) is 19.8. The van der Waals surface area contributed by atoms with Gasteiger partial charge in [-0.05, 0) is 48.4 Å². The molecule has 0 saturated carbocycles. The molecule has 7 heteroatoms. The predicted molar refractivity (Wildman–Crippen MR) is 112 cm³/mol. The standard InChI is InChI=1S/C22H26N2O4S/c1-27-18-11-17(12-19(13-18)28-2)22(26)23-7-3-15(4-8-23)21(25)24-9-5-20-16(14-24)6-10-29-20/h6,10-13,15H,3-5,7-9,14H2,1-2H3. The Labute approximate surface area is 175 Å². The summed E-state index contributed by atoms with van der Waals surface area (Å²) in [5, 5.41) is 2.11. The Morgan fingerprint density at radius 2 is 1.69 bits per heavy atom. The first-order valence-electron chi connectivity index (χ1n) is 9.95. The Morgan fingerprint density at radius 1 is 1.00 bits per heavy atom. The average Bonchev–Trinajstić information content (AvgIpc) is 3.25. The van der Waals surface area contributed by atoms with Gasteiger partial charge in [0.05, 0.1) is 14.2 Å². The molecule has 2 amide bonds. The molecule has 6 nitrogen and oxygen atoms in total. The molecule has 0 N–H and O–H groups in total. The van der Waals surface area contributed by atoms with Gasteiger partial charge in [-0.1, -0.05) is 0 Å². The molecule has 0 unspecified atom stereocenters. The number of nitrogens with zero attached hydrogens (tertiary/aromatic N) is 2. The van der Waals surface area contributed by atoms with Crippen molar-refractivity contribution < 1.29 is 19.1 Å². The van der Waals surface area contributed by atoms with Gasteiger partial charge in [0.1, 0.15) is 11.5 Å².